The van der Waals surface area contributed by atoms with Crippen molar-refractivity contribution in [1.82, 2.24) is 10.6 Å². The molecule has 10 heteroatoms. The molecule has 0 radical (unpaired) electrons. The van der Waals surface area contributed by atoms with E-state index in [1.54, 1.807) is 48.5 Å². The lowest BCUT2D eigenvalue weighted by Gasteiger charge is -2.21. The molecule has 186 valence electrons. The van der Waals surface area contributed by atoms with E-state index >= 15 is 0 Å². The molecule has 0 aliphatic carbocycles. The van der Waals surface area contributed by atoms with Gasteiger partial charge in [-0.2, -0.15) is 0 Å². The number of aliphatic carboxylic acids is 1. The molecule has 1 rings (SSSR count). The Bertz CT molecular complexity index is 782. The van der Waals surface area contributed by atoms with Crippen molar-refractivity contribution in [3.63, 3.8) is 0 Å². The minimum atomic E-state index is -1.09. The highest BCUT2D eigenvalue weighted by Gasteiger charge is 2.22. The summed E-state index contributed by atoms with van der Waals surface area (Å²) in [6.07, 6.45) is -1.36. The van der Waals surface area contributed by atoms with Gasteiger partial charge in [0.1, 0.15) is 29.9 Å². The van der Waals surface area contributed by atoms with Crippen LogP contribution in [0.5, 0.6) is 0 Å². The van der Waals surface area contributed by atoms with Crippen molar-refractivity contribution in [3.8, 4) is 0 Å². The summed E-state index contributed by atoms with van der Waals surface area (Å²) in [6.45, 7) is 13.5. The van der Waals surface area contributed by atoms with Gasteiger partial charge in [-0.3, -0.25) is 4.79 Å². The van der Waals surface area contributed by atoms with Crippen LogP contribution in [0.25, 0.3) is 0 Å². The summed E-state index contributed by atoms with van der Waals surface area (Å²) in [6, 6.07) is 7.65. The van der Waals surface area contributed by atoms with Crippen molar-refractivity contribution in [2.45, 2.75) is 85.3 Å². The van der Waals surface area contributed by atoms with Crippen LogP contribution in [0.3, 0.4) is 0 Å². The molecule has 1 aromatic rings. The molecule has 2 atom stereocenters. The van der Waals surface area contributed by atoms with Gasteiger partial charge in [0.05, 0.1) is 0 Å². The molecule has 0 aliphatic rings. The number of carbonyl (C=O) groups is 4. The average molecular weight is 469 g/mol. The number of carboxylic acids is 1. The summed E-state index contributed by atoms with van der Waals surface area (Å²) in [4.78, 5) is 44.5. The second-order valence-electron chi connectivity index (χ2n) is 9.17. The van der Waals surface area contributed by atoms with E-state index in [4.69, 9.17) is 19.3 Å². The Morgan fingerprint density at radius 3 is 1.64 bits per heavy atom. The molecular weight excluding hydrogens is 432 g/mol. The summed E-state index contributed by atoms with van der Waals surface area (Å²) in [5.41, 5.74) is -0.314. The van der Waals surface area contributed by atoms with E-state index in [2.05, 4.69) is 10.6 Å². The van der Waals surface area contributed by atoms with Crippen molar-refractivity contribution >= 4 is 24.1 Å². The molecule has 2 amide bonds. The number of esters is 1. The Balaban J connectivity index is 0.000000684. The Hall–Kier alpha value is -3.30. The first kappa shape index (κ1) is 29.7. The largest absolute Gasteiger partial charge is 0.480 e. The minimum absolute atomic E-state index is 0.181. The highest BCUT2D eigenvalue weighted by Crippen LogP contribution is 2.08. The molecular formula is C23H36N2O8. The number of hydrogen-bond donors (Lipinski definition) is 3. The topological polar surface area (TPSA) is 140 Å². The molecule has 0 aromatic heterocycles. The molecule has 1 aromatic carbocycles. The minimum Gasteiger partial charge on any atom is -0.480 e. The Kier molecular flexibility index (Phi) is 12.0. The maximum atomic E-state index is 11.7. The predicted molar refractivity (Wildman–Crippen MR) is 122 cm³/mol. The molecule has 0 aliphatic heterocycles. The standard InChI is InChI=1S/C15H21NO4.C8H15NO4/c1-11(16-14(18)20-15(2,3)4)13(17)19-10-12-8-6-5-7-9-12;1-5(6(10)11)9-7(12)13-8(2,3)4/h5-9,11H,10H2,1-4H3,(H,16,18);5H,1-4H3,(H,9,12)(H,10,11). The van der Waals surface area contributed by atoms with E-state index in [0.717, 1.165) is 5.56 Å². The van der Waals surface area contributed by atoms with Crippen LogP contribution >= 0.6 is 0 Å². The first-order chi connectivity index (χ1) is 15.0. The van der Waals surface area contributed by atoms with Crippen LogP contribution in [0, 0.1) is 0 Å². The van der Waals surface area contributed by atoms with E-state index in [1.165, 1.54) is 6.92 Å². The van der Waals surface area contributed by atoms with Crippen molar-refractivity contribution in [1.29, 1.82) is 0 Å². The molecule has 0 spiro atoms. The maximum absolute atomic E-state index is 11.7. The van der Waals surface area contributed by atoms with Crippen molar-refractivity contribution in [2.24, 2.45) is 0 Å². The summed E-state index contributed by atoms with van der Waals surface area (Å²) in [5, 5.41) is 13.1. The van der Waals surface area contributed by atoms with Gasteiger partial charge in [0.15, 0.2) is 0 Å². The lowest BCUT2D eigenvalue weighted by atomic mass is 10.2. The summed E-state index contributed by atoms with van der Waals surface area (Å²) < 4.78 is 15.0. The monoisotopic (exact) mass is 468 g/mol. The molecule has 2 unspecified atom stereocenters. The van der Waals surface area contributed by atoms with Gasteiger partial charge in [0.25, 0.3) is 0 Å². The first-order valence-electron chi connectivity index (χ1n) is 10.4. The van der Waals surface area contributed by atoms with E-state index in [-0.39, 0.29) is 6.61 Å². The fourth-order valence-corrected chi connectivity index (χ4v) is 1.94. The van der Waals surface area contributed by atoms with Gasteiger partial charge in [0, 0.05) is 0 Å². The van der Waals surface area contributed by atoms with Crippen LogP contribution < -0.4 is 10.6 Å². The number of nitrogens with one attached hydrogen (secondary N) is 2. The third kappa shape index (κ3) is 16.1. The average Bonchev–Trinajstić information content (AvgIpc) is 2.64. The number of carbonyl (C=O) groups excluding carboxylic acids is 3. The number of carboxylic acid groups (broad SMARTS) is 1. The van der Waals surface area contributed by atoms with Crippen LogP contribution in [0.15, 0.2) is 30.3 Å². The van der Waals surface area contributed by atoms with Gasteiger partial charge in [-0.1, -0.05) is 30.3 Å². The smallest absolute Gasteiger partial charge is 0.408 e. The molecule has 0 saturated heterocycles. The Morgan fingerprint density at radius 2 is 1.24 bits per heavy atom. The molecule has 0 heterocycles. The molecule has 3 N–H and O–H groups in total. The fourth-order valence-electron chi connectivity index (χ4n) is 1.94. The number of ether oxygens (including phenoxy) is 3. The van der Waals surface area contributed by atoms with Gasteiger partial charge in [-0.25, -0.2) is 14.4 Å². The van der Waals surface area contributed by atoms with Crippen molar-refractivity contribution in [3.05, 3.63) is 35.9 Å². The van der Waals surface area contributed by atoms with Crippen LogP contribution in [-0.4, -0.2) is 52.5 Å². The van der Waals surface area contributed by atoms with Gasteiger partial charge in [-0.05, 0) is 61.0 Å². The first-order valence-corrected chi connectivity index (χ1v) is 10.4. The summed E-state index contributed by atoms with van der Waals surface area (Å²) in [7, 11) is 0. The van der Waals surface area contributed by atoms with E-state index in [1.807, 2.05) is 30.3 Å². The number of amides is 2. The quantitative estimate of drug-likeness (QED) is 0.425. The molecule has 33 heavy (non-hydrogen) atoms. The van der Waals surface area contributed by atoms with Crippen LogP contribution in [0.1, 0.15) is 61.0 Å². The van der Waals surface area contributed by atoms with Crippen molar-refractivity contribution < 1.29 is 38.5 Å². The predicted octanol–water partition coefficient (Wildman–Crippen LogP) is 3.63. The third-order valence-electron chi connectivity index (χ3n) is 3.41. The molecule has 0 saturated carbocycles. The molecule has 0 fully saturated rings. The van der Waals surface area contributed by atoms with Crippen LogP contribution in [0.2, 0.25) is 0 Å². The zero-order valence-corrected chi connectivity index (χ0v) is 20.6. The fraction of sp³-hybridized carbons (Fsp3) is 0.565. The zero-order chi connectivity index (χ0) is 25.8. The highest BCUT2D eigenvalue weighted by molar-refractivity contribution is 5.81. The summed E-state index contributed by atoms with van der Waals surface area (Å²) in [5.74, 6) is -1.59. The normalized spacial score (nSPS) is 12.7. The third-order valence-corrected chi connectivity index (χ3v) is 3.41. The van der Waals surface area contributed by atoms with Crippen LogP contribution in [-0.2, 0) is 30.4 Å². The number of alkyl carbamates (subject to hydrolysis) is 2. The van der Waals surface area contributed by atoms with Gasteiger partial charge < -0.3 is 30.0 Å². The lowest BCUT2D eigenvalue weighted by molar-refractivity contribution is -0.147. The Morgan fingerprint density at radius 1 is 0.818 bits per heavy atom. The van der Waals surface area contributed by atoms with E-state index < -0.39 is 47.4 Å². The SMILES string of the molecule is CC(NC(=O)OC(C)(C)C)C(=O)O.CC(NC(=O)OC(C)(C)C)C(=O)OCc1ccccc1. The van der Waals surface area contributed by atoms with E-state index in [0.29, 0.717) is 0 Å². The second-order valence-corrected chi connectivity index (χ2v) is 9.17. The van der Waals surface area contributed by atoms with Gasteiger partial charge in [0.2, 0.25) is 0 Å². The Labute approximate surface area is 195 Å². The highest BCUT2D eigenvalue weighted by atomic mass is 16.6. The van der Waals surface area contributed by atoms with Crippen molar-refractivity contribution in [2.75, 3.05) is 0 Å². The zero-order valence-electron chi connectivity index (χ0n) is 20.6. The number of rotatable bonds is 6. The van der Waals surface area contributed by atoms with E-state index in [9.17, 15) is 19.2 Å². The molecule has 0 bridgehead atoms. The number of benzene rings is 1. The van der Waals surface area contributed by atoms with Gasteiger partial charge >= 0.3 is 24.1 Å². The van der Waals surface area contributed by atoms with Crippen LogP contribution in [0.4, 0.5) is 9.59 Å². The van der Waals surface area contributed by atoms with Gasteiger partial charge in [-0.15, -0.1) is 0 Å². The lowest BCUT2D eigenvalue weighted by Crippen LogP contribution is -2.42. The molecule has 10 nitrogen and oxygen atoms in total. The maximum Gasteiger partial charge on any atom is 0.408 e. The second kappa shape index (κ2) is 13.3. The summed E-state index contributed by atoms with van der Waals surface area (Å²) >= 11 is 0. The number of hydrogen-bond acceptors (Lipinski definition) is 7.